The van der Waals surface area contributed by atoms with Crippen LogP contribution < -0.4 is 19.6 Å². The fourth-order valence-electron chi connectivity index (χ4n) is 2.17. The maximum Gasteiger partial charge on any atom is 0.586 e. The SMILES string of the molecule is Cc1cn(-c2ccc3c(c2)OC(F)(F)O3)/c(=N/C(=O)NC(C)C)s1. The summed E-state index contributed by atoms with van der Waals surface area (Å²) in [5.41, 5.74) is 0.537. The van der Waals surface area contributed by atoms with Gasteiger partial charge < -0.3 is 14.8 Å². The maximum atomic E-state index is 13.1. The number of carbonyl (C=O) groups is 1. The van der Waals surface area contributed by atoms with Crippen LogP contribution in [0.3, 0.4) is 0 Å². The summed E-state index contributed by atoms with van der Waals surface area (Å²) in [6, 6.07) is 3.90. The maximum absolute atomic E-state index is 13.1. The molecule has 9 heteroatoms. The van der Waals surface area contributed by atoms with E-state index >= 15 is 0 Å². The molecule has 0 aliphatic carbocycles. The Labute approximate surface area is 140 Å². The minimum absolute atomic E-state index is 0.0349. The van der Waals surface area contributed by atoms with E-state index in [1.165, 1.54) is 23.5 Å². The second kappa shape index (κ2) is 5.90. The van der Waals surface area contributed by atoms with Crippen molar-refractivity contribution in [2.75, 3.05) is 0 Å². The van der Waals surface area contributed by atoms with E-state index in [2.05, 4.69) is 19.8 Å². The zero-order valence-corrected chi connectivity index (χ0v) is 14.0. The van der Waals surface area contributed by atoms with Crippen molar-refractivity contribution in [3.8, 4) is 17.2 Å². The number of hydrogen-bond donors (Lipinski definition) is 1. The molecule has 0 saturated heterocycles. The summed E-state index contributed by atoms with van der Waals surface area (Å²) >= 11 is 1.31. The molecule has 1 aromatic heterocycles. The second-order valence-electron chi connectivity index (χ2n) is 5.51. The van der Waals surface area contributed by atoms with Crippen LogP contribution in [-0.4, -0.2) is 22.9 Å². The number of nitrogens with one attached hydrogen (secondary N) is 1. The number of alkyl halides is 2. The summed E-state index contributed by atoms with van der Waals surface area (Å²) in [5, 5.41) is 2.68. The number of aryl methyl sites for hydroxylation is 1. The summed E-state index contributed by atoms with van der Waals surface area (Å²) < 4.78 is 36.7. The third-order valence-corrected chi connectivity index (χ3v) is 3.94. The molecule has 0 atom stereocenters. The first kappa shape index (κ1) is 16.4. The second-order valence-corrected chi connectivity index (χ2v) is 6.72. The molecule has 0 spiro atoms. The zero-order valence-electron chi connectivity index (χ0n) is 13.2. The van der Waals surface area contributed by atoms with Gasteiger partial charge in [-0.25, -0.2) is 4.79 Å². The van der Waals surface area contributed by atoms with Crippen molar-refractivity contribution in [3.63, 3.8) is 0 Å². The van der Waals surface area contributed by atoms with E-state index in [0.717, 1.165) is 4.88 Å². The lowest BCUT2D eigenvalue weighted by atomic mass is 10.3. The largest absolute Gasteiger partial charge is 0.586 e. The van der Waals surface area contributed by atoms with Gasteiger partial charge in [0.25, 0.3) is 0 Å². The number of halogens is 2. The molecule has 2 heterocycles. The zero-order chi connectivity index (χ0) is 17.5. The van der Waals surface area contributed by atoms with Gasteiger partial charge in [-0.05, 0) is 32.9 Å². The number of ether oxygens (including phenoxy) is 2. The predicted octanol–water partition coefficient (Wildman–Crippen LogP) is 3.19. The van der Waals surface area contributed by atoms with E-state index in [1.54, 1.807) is 16.8 Å². The third kappa shape index (κ3) is 3.40. The van der Waals surface area contributed by atoms with E-state index in [0.29, 0.717) is 10.5 Å². The number of benzene rings is 1. The minimum atomic E-state index is -3.67. The summed E-state index contributed by atoms with van der Waals surface area (Å²) in [7, 11) is 0. The van der Waals surface area contributed by atoms with Crippen molar-refractivity contribution in [2.24, 2.45) is 4.99 Å². The van der Waals surface area contributed by atoms with Crippen molar-refractivity contribution in [1.29, 1.82) is 0 Å². The molecule has 0 unspecified atom stereocenters. The van der Waals surface area contributed by atoms with E-state index < -0.39 is 12.3 Å². The van der Waals surface area contributed by atoms with Crippen molar-refractivity contribution in [1.82, 2.24) is 9.88 Å². The van der Waals surface area contributed by atoms with Gasteiger partial charge in [0.1, 0.15) is 0 Å². The van der Waals surface area contributed by atoms with Crippen LogP contribution in [0.5, 0.6) is 11.5 Å². The molecule has 3 rings (SSSR count). The predicted molar refractivity (Wildman–Crippen MR) is 83.8 cm³/mol. The Balaban J connectivity index is 2.00. The molecule has 1 aliphatic heterocycles. The molecule has 1 aromatic carbocycles. The Morgan fingerprint density at radius 3 is 2.75 bits per heavy atom. The summed E-state index contributed by atoms with van der Waals surface area (Å²) in [6.07, 6.45) is -1.90. The molecule has 2 aromatic rings. The highest BCUT2D eigenvalue weighted by Gasteiger charge is 2.43. The van der Waals surface area contributed by atoms with Crippen LogP contribution in [0.25, 0.3) is 5.69 Å². The number of urea groups is 1. The van der Waals surface area contributed by atoms with E-state index in [4.69, 9.17) is 0 Å². The molecule has 24 heavy (non-hydrogen) atoms. The lowest BCUT2D eigenvalue weighted by molar-refractivity contribution is -0.286. The van der Waals surface area contributed by atoms with Crippen molar-refractivity contribution in [2.45, 2.75) is 33.1 Å². The van der Waals surface area contributed by atoms with Gasteiger partial charge in [-0.2, -0.15) is 4.99 Å². The highest BCUT2D eigenvalue weighted by molar-refractivity contribution is 7.09. The fraction of sp³-hybridized carbons (Fsp3) is 0.333. The Morgan fingerprint density at radius 2 is 2.04 bits per heavy atom. The van der Waals surface area contributed by atoms with Crippen molar-refractivity contribution in [3.05, 3.63) is 34.1 Å². The Hall–Kier alpha value is -2.42. The van der Waals surface area contributed by atoms with Crippen LogP contribution in [0.2, 0.25) is 0 Å². The standard InChI is InChI=1S/C15H15F2N3O3S/c1-8(2)18-13(21)19-14-20(7-9(3)24-14)10-4-5-11-12(6-10)23-15(16,17)22-11/h4-8H,1-3H3,(H,18,21)/b19-14-. The number of amides is 2. The summed E-state index contributed by atoms with van der Waals surface area (Å²) in [4.78, 5) is 17.2. The van der Waals surface area contributed by atoms with Crippen LogP contribution in [0, 0.1) is 6.92 Å². The van der Waals surface area contributed by atoms with Gasteiger partial charge in [-0.1, -0.05) is 0 Å². The van der Waals surface area contributed by atoms with Gasteiger partial charge in [0.2, 0.25) is 0 Å². The van der Waals surface area contributed by atoms with Crippen molar-refractivity contribution >= 4 is 17.4 Å². The van der Waals surface area contributed by atoms with Crippen LogP contribution in [0.1, 0.15) is 18.7 Å². The van der Waals surface area contributed by atoms with Crippen LogP contribution in [0.15, 0.2) is 29.4 Å². The number of nitrogens with zero attached hydrogens (tertiary/aromatic N) is 2. The molecule has 2 amide bonds. The number of thiazole rings is 1. The third-order valence-electron chi connectivity index (χ3n) is 3.04. The van der Waals surface area contributed by atoms with E-state index in [1.807, 2.05) is 20.8 Å². The number of carbonyl (C=O) groups excluding carboxylic acids is 1. The monoisotopic (exact) mass is 355 g/mol. The normalized spacial score (nSPS) is 15.8. The van der Waals surface area contributed by atoms with Gasteiger partial charge in [0.15, 0.2) is 16.3 Å². The average Bonchev–Trinajstić information content (AvgIpc) is 2.94. The van der Waals surface area contributed by atoms with Gasteiger partial charge in [0.05, 0.1) is 5.69 Å². The summed E-state index contributed by atoms with van der Waals surface area (Å²) in [5.74, 6) is -0.0984. The number of hydrogen-bond acceptors (Lipinski definition) is 4. The lowest BCUT2D eigenvalue weighted by Crippen LogP contribution is -2.29. The molecule has 0 radical (unpaired) electrons. The first-order chi connectivity index (χ1) is 11.2. The quantitative estimate of drug-likeness (QED) is 0.900. The van der Waals surface area contributed by atoms with Gasteiger partial charge >= 0.3 is 12.3 Å². The molecule has 1 aliphatic rings. The topological polar surface area (TPSA) is 64.8 Å². The molecular weight excluding hydrogens is 340 g/mol. The molecule has 1 N–H and O–H groups in total. The van der Waals surface area contributed by atoms with E-state index in [9.17, 15) is 13.6 Å². The molecule has 0 bridgehead atoms. The van der Waals surface area contributed by atoms with Crippen molar-refractivity contribution < 1.29 is 23.0 Å². The molecule has 6 nitrogen and oxygen atoms in total. The first-order valence-corrected chi connectivity index (χ1v) is 8.00. The van der Waals surface area contributed by atoms with Gasteiger partial charge in [-0.15, -0.1) is 20.1 Å². The highest BCUT2D eigenvalue weighted by Crippen LogP contribution is 2.41. The van der Waals surface area contributed by atoms with Gasteiger partial charge in [-0.3, -0.25) is 4.57 Å². The average molecular weight is 355 g/mol. The van der Waals surface area contributed by atoms with Crippen LogP contribution >= 0.6 is 11.3 Å². The van der Waals surface area contributed by atoms with E-state index in [-0.39, 0.29) is 17.5 Å². The fourth-order valence-corrected chi connectivity index (χ4v) is 3.00. The van der Waals surface area contributed by atoms with Crippen LogP contribution in [0.4, 0.5) is 13.6 Å². The molecule has 0 fully saturated rings. The highest BCUT2D eigenvalue weighted by atomic mass is 32.1. The Bertz CT molecular complexity index is 858. The Morgan fingerprint density at radius 1 is 1.33 bits per heavy atom. The number of aromatic nitrogens is 1. The molecule has 128 valence electrons. The number of fused-ring (bicyclic) bond motifs is 1. The summed E-state index contributed by atoms with van der Waals surface area (Å²) in [6.45, 7) is 5.53. The van der Waals surface area contributed by atoms with Crippen LogP contribution in [-0.2, 0) is 0 Å². The lowest BCUT2D eigenvalue weighted by Gasteiger charge is -2.06. The first-order valence-electron chi connectivity index (χ1n) is 7.18. The Kier molecular flexibility index (Phi) is 4.04. The smallest absolute Gasteiger partial charge is 0.395 e. The molecule has 0 saturated carbocycles. The number of rotatable bonds is 2. The molecular formula is C15H15F2N3O3S. The minimum Gasteiger partial charge on any atom is -0.395 e. The van der Waals surface area contributed by atoms with Gasteiger partial charge in [0, 0.05) is 23.2 Å².